The van der Waals surface area contributed by atoms with Crippen molar-refractivity contribution in [2.45, 2.75) is 11.3 Å². The fourth-order valence-electron chi connectivity index (χ4n) is 0.995. The van der Waals surface area contributed by atoms with Gasteiger partial charge in [0.2, 0.25) is 15.8 Å². The summed E-state index contributed by atoms with van der Waals surface area (Å²) in [5.74, 6) is -4.46. The predicted octanol–water partition coefficient (Wildman–Crippen LogP) is 0.241. The topological polar surface area (TPSA) is 146 Å². The summed E-state index contributed by atoms with van der Waals surface area (Å²) in [6.07, 6.45) is -5.26. The van der Waals surface area contributed by atoms with Crippen molar-refractivity contribution in [1.29, 1.82) is 0 Å². The summed E-state index contributed by atoms with van der Waals surface area (Å²) < 4.78 is 61.0. The number of aromatic hydroxyl groups is 1. The van der Waals surface area contributed by atoms with E-state index in [1.165, 1.54) is 0 Å². The Kier molecular flexibility index (Phi) is 3.54. The molecule has 3 N–H and O–H groups in total. The summed E-state index contributed by atoms with van der Waals surface area (Å²) in [6.45, 7) is 0. The molecule has 9 nitrogen and oxygen atoms in total. The van der Waals surface area contributed by atoms with E-state index >= 15 is 0 Å². The Morgan fingerprint density at radius 2 is 2.00 bits per heavy atom. The third-order valence-corrected chi connectivity index (χ3v) is 2.54. The molecule has 0 amide bonds. The summed E-state index contributed by atoms with van der Waals surface area (Å²) >= 11 is 0. The molecule has 0 unspecified atom stereocenters. The number of hydrogen-bond donors (Lipinski definition) is 2. The number of hydrogen-bond acceptors (Lipinski definition) is 7. The van der Waals surface area contributed by atoms with Crippen LogP contribution in [0.25, 0.3) is 0 Å². The molecule has 0 aliphatic rings. The van der Waals surface area contributed by atoms with Gasteiger partial charge >= 0.3 is 18.1 Å². The van der Waals surface area contributed by atoms with Gasteiger partial charge in [-0.25, -0.2) is 13.6 Å². The van der Waals surface area contributed by atoms with Crippen LogP contribution >= 0.6 is 0 Å². The molecule has 0 bridgehead atoms. The number of halogens is 3. The zero-order valence-corrected chi connectivity index (χ0v) is 9.40. The molecule has 0 aliphatic carbocycles. The summed E-state index contributed by atoms with van der Waals surface area (Å²) in [5, 5.41) is 24.2. The molecule has 13 heteroatoms. The van der Waals surface area contributed by atoms with Crippen LogP contribution < -0.4 is 9.88 Å². The first-order valence-corrected chi connectivity index (χ1v) is 5.63. The number of nitrogens with two attached hydrogens (primary N) is 1. The number of aromatic nitrogens is 1. The second-order valence-electron chi connectivity index (χ2n) is 2.98. The normalized spacial score (nSPS) is 12.2. The Labute approximate surface area is 102 Å². The van der Waals surface area contributed by atoms with Gasteiger partial charge in [-0.05, 0) is 4.92 Å². The van der Waals surface area contributed by atoms with Crippen molar-refractivity contribution in [3.05, 3.63) is 16.2 Å². The Morgan fingerprint density at radius 1 is 1.47 bits per heavy atom. The first-order valence-electron chi connectivity index (χ1n) is 4.09. The van der Waals surface area contributed by atoms with Gasteiger partial charge in [-0.15, -0.1) is 13.2 Å². The van der Waals surface area contributed by atoms with Crippen molar-refractivity contribution in [1.82, 2.24) is 4.98 Å². The van der Waals surface area contributed by atoms with Gasteiger partial charge < -0.3 is 20.0 Å². The highest BCUT2D eigenvalue weighted by molar-refractivity contribution is 7.89. The van der Waals surface area contributed by atoms with Gasteiger partial charge in [-0.2, -0.15) is 0 Å². The van der Waals surface area contributed by atoms with E-state index < -0.39 is 43.7 Å². The van der Waals surface area contributed by atoms with E-state index in [2.05, 4.69) is 14.9 Å². The number of ether oxygens (including phenoxy) is 1. The SMILES string of the molecule is NS(=O)(=O)c1cc(OC(F)(F)F)nc([N+](=O)[O-])c1O. The minimum atomic E-state index is -5.26. The molecule has 106 valence electrons. The highest BCUT2D eigenvalue weighted by Crippen LogP contribution is 2.35. The second-order valence-corrected chi connectivity index (χ2v) is 4.51. The molecule has 0 aromatic carbocycles. The molecule has 0 spiro atoms. The molecule has 1 aromatic heterocycles. The number of primary sulfonamides is 1. The van der Waals surface area contributed by atoms with Crippen LogP contribution in [0.3, 0.4) is 0 Å². The van der Waals surface area contributed by atoms with Crippen molar-refractivity contribution in [3.63, 3.8) is 0 Å². The lowest BCUT2D eigenvalue weighted by molar-refractivity contribution is -0.391. The third-order valence-electron chi connectivity index (χ3n) is 1.62. The number of nitro groups is 1. The summed E-state index contributed by atoms with van der Waals surface area (Å²) in [4.78, 5) is 10.4. The van der Waals surface area contributed by atoms with E-state index in [0.717, 1.165) is 0 Å². The molecule has 19 heavy (non-hydrogen) atoms. The quantitative estimate of drug-likeness (QED) is 0.600. The van der Waals surface area contributed by atoms with Crippen LogP contribution in [0, 0.1) is 10.1 Å². The molecular weight excluding hydrogens is 299 g/mol. The highest BCUT2D eigenvalue weighted by Gasteiger charge is 2.36. The number of rotatable bonds is 3. The van der Waals surface area contributed by atoms with E-state index in [4.69, 9.17) is 0 Å². The van der Waals surface area contributed by atoms with Crippen LogP contribution in [0.1, 0.15) is 0 Å². The van der Waals surface area contributed by atoms with E-state index in [0.29, 0.717) is 0 Å². The van der Waals surface area contributed by atoms with E-state index in [9.17, 15) is 36.8 Å². The fourth-order valence-corrected chi connectivity index (χ4v) is 1.62. The van der Waals surface area contributed by atoms with Gasteiger partial charge in [-0.1, -0.05) is 0 Å². The Balaban J connectivity index is 3.54. The van der Waals surface area contributed by atoms with Crippen molar-refractivity contribution in [2.75, 3.05) is 0 Å². The van der Waals surface area contributed by atoms with Crippen LogP contribution in [-0.4, -0.2) is 29.8 Å². The molecule has 0 radical (unpaired) electrons. The first-order chi connectivity index (χ1) is 8.42. The Bertz CT molecular complexity index is 628. The average molecular weight is 303 g/mol. The largest absolute Gasteiger partial charge is 0.575 e. The van der Waals surface area contributed by atoms with E-state index in [-0.39, 0.29) is 6.07 Å². The fraction of sp³-hybridized carbons (Fsp3) is 0.167. The maximum absolute atomic E-state index is 11.9. The maximum atomic E-state index is 11.9. The van der Waals surface area contributed by atoms with Gasteiger partial charge in [0.15, 0.2) is 0 Å². The maximum Gasteiger partial charge on any atom is 0.575 e. The van der Waals surface area contributed by atoms with Crippen LogP contribution in [0.2, 0.25) is 0 Å². The zero-order valence-electron chi connectivity index (χ0n) is 8.58. The van der Waals surface area contributed by atoms with E-state index in [1.54, 1.807) is 0 Å². The van der Waals surface area contributed by atoms with Crippen LogP contribution in [0.4, 0.5) is 19.0 Å². The highest BCUT2D eigenvalue weighted by atomic mass is 32.2. The van der Waals surface area contributed by atoms with Gasteiger partial charge in [-0.3, -0.25) is 0 Å². The number of pyridine rings is 1. The Morgan fingerprint density at radius 3 is 2.37 bits per heavy atom. The second kappa shape index (κ2) is 4.51. The molecule has 1 aromatic rings. The summed E-state index contributed by atoms with van der Waals surface area (Å²) in [6, 6.07) is 0.116. The molecule has 0 fully saturated rings. The molecule has 1 heterocycles. The minimum Gasteiger partial charge on any atom is -0.500 e. The van der Waals surface area contributed by atoms with Gasteiger partial charge in [0.05, 0.1) is 6.07 Å². The lowest BCUT2D eigenvalue weighted by Crippen LogP contribution is -2.19. The number of sulfonamides is 1. The van der Waals surface area contributed by atoms with Gasteiger partial charge in [0.25, 0.3) is 0 Å². The lowest BCUT2D eigenvalue weighted by Gasteiger charge is -2.07. The standard InChI is InChI=1S/C6H4F3N3O6S/c7-6(8,9)18-3-1-2(19(10,16)17)4(13)5(11-3)12(14)15/h1,13H,(H2,10,16,17). The molecule has 0 saturated heterocycles. The number of nitrogens with zero attached hydrogens (tertiary/aromatic N) is 2. The molecular formula is C6H4F3N3O6S. The van der Waals surface area contributed by atoms with Crippen molar-refractivity contribution < 1.29 is 36.4 Å². The monoisotopic (exact) mass is 303 g/mol. The minimum absolute atomic E-state index is 0.116. The smallest absolute Gasteiger partial charge is 0.500 e. The van der Waals surface area contributed by atoms with Crippen molar-refractivity contribution in [2.24, 2.45) is 5.14 Å². The molecule has 1 rings (SSSR count). The third kappa shape index (κ3) is 3.65. The van der Waals surface area contributed by atoms with Crippen LogP contribution in [0.5, 0.6) is 11.6 Å². The van der Waals surface area contributed by atoms with E-state index in [1.807, 2.05) is 0 Å². The molecule has 0 aliphatic heterocycles. The molecule has 0 saturated carbocycles. The summed E-state index contributed by atoms with van der Waals surface area (Å²) in [5.41, 5.74) is 0. The number of alkyl halides is 3. The average Bonchev–Trinajstić information content (AvgIpc) is 2.16. The molecule has 0 atom stereocenters. The Hall–Kier alpha value is -2.15. The van der Waals surface area contributed by atoms with Crippen molar-refractivity contribution >= 4 is 15.8 Å². The van der Waals surface area contributed by atoms with Crippen LogP contribution in [-0.2, 0) is 10.0 Å². The predicted molar refractivity (Wildman–Crippen MR) is 50.6 cm³/mol. The van der Waals surface area contributed by atoms with Gasteiger partial charge in [0.1, 0.15) is 4.90 Å². The van der Waals surface area contributed by atoms with Crippen molar-refractivity contribution in [3.8, 4) is 11.6 Å². The zero-order chi connectivity index (χ0) is 15.0. The van der Waals surface area contributed by atoms with Crippen LogP contribution in [0.15, 0.2) is 11.0 Å². The first kappa shape index (κ1) is 14.9. The summed E-state index contributed by atoms with van der Waals surface area (Å²) in [7, 11) is -4.71. The lowest BCUT2D eigenvalue weighted by atomic mass is 10.4. The van der Waals surface area contributed by atoms with Gasteiger partial charge in [0, 0.05) is 4.98 Å².